The SMILES string of the molecule is CC[C@H]1CN(c2nc(N)c(C(=O)NC3CC3)nc2Cl)CCN1C1CCN(C(C(N)=O)c2ccc(Cl)cc2)CC1. The van der Waals surface area contributed by atoms with Gasteiger partial charge in [0, 0.05) is 55.9 Å². The second-order valence-electron chi connectivity index (χ2n) is 10.7. The largest absolute Gasteiger partial charge is 0.382 e. The molecule has 3 heterocycles. The van der Waals surface area contributed by atoms with Crippen LogP contribution in [0.1, 0.15) is 61.1 Å². The molecular formula is C27H36Cl2N8O2. The number of carbonyl (C=O) groups is 2. The van der Waals surface area contributed by atoms with Gasteiger partial charge in [-0.3, -0.25) is 19.4 Å². The van der Waals surface area contributed by atoms with Crippen LogP contribution < -0.4 is 21.7 Å². The molecule has 3 aliphatic rings. The molecule has 39 heavy (non-hydrogen) atoms. The highest BCUT2D eigenvalue weighted by atomic mass is 35.5. The zero-order valence-corrected chi connectivity index (χ0v) is 23.7. The summed E-state index contributed by atoms with van der Waals surface area (Å²) < 4.78 is 0. The van der Waals surface area contributed by atoms with Gasteiger partial charge in [0.1, 0.15) is 6.04 Å². The second-order valence-corrected chi connectivity index (χ2v) is 11.5. The molecule has 3 fully saturated rings. The lowest BCUT2D eigenvalue weighted by Gasteiger charge is -2.48. The Labute approximate surface area is 239 Å². The normalized spacial score (nSPS) is 22.0. The molecule has 1 aliphatic carbocycles. The molecule has 210 valence electrons. The van der Waals surface area contributed by atoms with Crippen LogP contribution in [0.5, 0.6) is 0 Å². The van der Waals surface area contributed by atoms with Gasteiger partial charge in [-0.1, -0.05) is 42.3 Å². The highest BCUT2D eigenvalue weighted by Crippen LogP contribution is 2.32. The van der Waals surface area contributed by atoms with Gasteiger partial charge in [0.05, 0.1) is 0 Å². The number of nitrogen functional groups attached to an aromatic ring is 1. The molecule has 0 bridgehead atoms. The Morgan fingerprint density at radius 2 is 1.74 bits per heavy atom. The van der Waals surface area contributed by atoms with Gasteiger partial charge in [-0.25, -0.2) is 9.97 Å². The third kappa shape index (κ3) is 6.24. The molecule has 5 rings (SSSR count). The van der Waals surface area contributed by atoms with Crippen molar-refractivity contribution in [1.82, 2.24) is 25.1 Å². The minimum Gasteiger partial charge on any atom is -0.382 e. The van der Waals surface area contributed by atoms with Crippen molar-refractivity contribution in [3.05, 3.63) is 45.7 Å². The lowest BCUT2D eigenvalue weighted by Crippen LogP contribution is -2.59. The standard InChI is InChI=1S/C27H36Cl2N8O2/c1-2-19-15-36(26-23(29)33-21(24(30)34-26)27(39)32-18-7-8-18)13-14-37(19)20-9-11-35(12-10-20)22(25(31)38)16-3-5-17(28)6-4-16/h3-6,18-20,22H,2,7-15H2,1H3,(H2,30,34)(H2,31,38)(H,32,39)/t19-,22?/m0/s1. The first-order chi connectivity index (χ1) is 18.7. The van der Waals surface area contributed by atoms with Gasteiger partial charge in [-0.2, -0.15) is 0 Å². The van der Waals surface area contributed by atoms with Crippen molar-refractivity contribution < 1.29 is 9.59 Å². The molecular weight excluding hydrogens is 539 g/mol. The molecule has 2 amide bonds. The summed E-state index contributed by atoms with van der Waals surface area (Å²) in [6.07, 6.45) is 4.81. The number of anilines is 2. The van der Waals surface area contributed by atoms with Gasteiger partial charge in [-0.05, 0) is 49.8 Å². The number of carbonyl (C=O) groups excluding carboxylic acids is 2. The van der Waals surface area contributed by atoms with Crippen LogP contribution in [0.15, 0.2) is 24.3 Å². The number of hydrogen-bond donors (Lipinski definition) is 3. The number of piperidine rings is 1. The minimum atomic E-state index is -0.456. The molecule has 2 aromatic rings. The molecule has 2 saturated heterocycles. The van der Waals surface area contributed by atoms with Gasteiger partial charge in [-0.15, -0.1) is 0 Å². The quantitative estimate of drug-likeness (QED) is 0.438. The number of rotatable bonds is 8. The van der Waals surface area contributed by atoms with E-state index in [9.17, 15) is 9.59 Å². The van der Waals surface area contributed by atoms with Crippen LogP contribution in [0.4, 0.5) is 11.6 Å². The van der Waals surface area contributed by atoms with Crippen LogP contribution in [0.25, 0.3) is 0 Å². The van der Waals surface area contributed by atoms with Gasteiger partial charge in [0.15, 0.2) is 22.5 Å². The number of nitrogens with zero attached hydrogens (tertiary/aromatic N) is 5. The van der Waals surface area contributed by atoms with Crippen molar-refractivity contribution in [1.29, 1.82) is 0 Å². The number of benzene rings is 1. The number of hydrogen-bond acceptors (Lipinski definition) is 8. The number of piperazine rings is 1. The summed E-state index contributed by atoms with van der Waals surface area (Å²) in [6.45, 7) is 6.08. The number of likely N-dealkylation sites (tertiary alicyclic amines) is 1. The second kappa shape index (κ2) is 11.8. The van der Waals surface area contributed by atoms with Crippen LogP contribution in [0.3, 0.4) is 0 Å². The maximum absolute atomic E-state index is 12.5. The molecule has 0 spiro atoms. The average Bonchev–Trinajstić information content (AvgIpc) is 3.75. The fourth-order valence-corrected chi connectivity index (χ4v) is 6.22. The molecule has 1 aromatic carbocycles. The summed E-state index contributed by atoms with van der Waals surface area (Å²) in [7, 11) is 0. The summed E-state index contributed by atoms with van der Waals surface area (Å²) >= 11 is 12.6. The summed E-state index contributed by atoms with van der Waals surface area (Å²) in [4.78, 5) is 40.5. The Hall–Kier alpha value is -2.66. The van der Waals surface area contributed by atoms with E-state index in [1.54, 1.807) is 12.1 Å². The zero-order chi connectivity index (χ0) is 27.7. The van der Waals surface area contributed by atoms with E-state index in [4.69, 9.17) is 34.7 Å². The fraction of sp³-hybridized carbons (Fsp3) is 0.556. The molecule has 5 N–H and O–H groups in total. The van der Waals surface area contributed by atoms with E-state index >= 15 is 0 Å². The van der Waals surface area contributed by atoms with Crippen molar-refractivity contribution in [2.45, 2.75) is 63.2 Å². The van der Waals surface area contributed by atoms with E-state index in [1.807, 2.05) is 12.1 Å². The lowest BCUT2D eigenvalue weighted by molar-refractivity contribution is -0.124. The van der Waals surface area contributed by atoms with E-state index in [-0.39, 0.29) is 34.5 Å². The number of nitrogens with one attached hydrogen (secondary N) is 1. The molecule has 0 radical (unpaired) electrons. The van der Waals surface area contributed by atoms with Gasteiger partial charge in [0.25, 0.3) is 5.91 Å². The average molecular weight is 576 g/mol. The Balaban J connectivity index is 1.22. The molecule has 10 nitrogen and oxygen atoms in total. The first kappa shape index (κ1) is 27.9. The number of aromatic nitrogens is 2. The van der Waals surface area contributed by atoms with Crippen molar-refractivity contribution in [2.75, 3.05) is 43.4 Å². The van der Waals surface area contributed by atoms with Crippen LogP contribution in [-0.2, 0) is 4.79 Å². The first-order valence-electron chi connectivity index (χ1n) is 13.7. The van der Waals surface area contributed by atoms with Crippen LogP contribution in [0, 0.1) is 0 Å². The molecule has 2 atom stereocenters. The Morgan fingerprint density at radius 3 is 2.36 bits per heavy atom. The molecule has 12 heteroatoms. The fourth-order valence-electron chi connectivity index (χ4n) is 5.85. The van der Waals surface area contributed by atoms with E-state index in [0.717, 1.165) is 70.4 Å². The Kier molecular flexibility index (Phi) is 8.46. The van der Waals surface area contributed by atoms with E-state index in [1.165, 1.54) is 0 Å². The Bertz CT molecular complexity index is 1200. The summed E-state index contributed by atoms with van der Waals surface area (Å²) in [6, 6.07) is 7.80. The highest BCUT2D eigenvalue weighted by Gasteiger charge is 2.37. The number of nitrogens with two attached hydrogens (primary N) is 2. The van der Waals surface area contributed by atoms with E-state index in [2.05, 4.69) is 36.9 Å². The minimum absolute atomic E-state index is 0.0842. The maximum atomic E-state index is 12.5. The van der Waals surface area contributed by atoms with Crippen molar-refractivity contribution in [2.24, 2.45) is 5.73 Å². The lowest BCUT2D eigenvalue weighted by atomic mass is 9.95. The van der Waals surface area contributed by atoms with Gasteiger partial charge >= 0.3 is 0 Å². The zero-order valence-electron chi connectivity index (χ0n) is 22.2. The first-order valence-corrected chi connectivity index (χ1v) is 14.4. The van der Waals surface area contributed by atoms with E-state index < -0.39 is 6.04 Å². The summed E-state index contributed by atoms with van der Waals surface area (Å²) in [5.41, 5.74) is 12.9. The monoisotopic (exact) mass is 574 g/mol. The molecule has 1 aromatic heterocycles. The summed E-state index contributed by atoms with van der Waals surface area (Å²) in [5.74, 6) is -0.0466. The predicted molar refractivity (Wildman–Crippen MR) is 153 cm³/mol. The summed E-state index contributed by atoms with van der Waals surface area (Å²) in [5, 5.41) is 3.72. The molecule has 1 saturated carbocycles. The number of halogens is 2. The number of primary amides is 1. The third-order valence-electron chi connectivity index (χ3n) is 8.08. The van der Waals surface area contributed by atoms with Gasteiger partial charge < -0.3 is 21.7 Å². The van der Waals surface area contributed by atoms with Gasteiger partial charge in [0.2, 0.25) is 5.91 Å². The third-order valence-corrected chi connectivity index (χ3v) is 8.58. The smallest absolute Gasteiger partial charge is 0.274 e. The van der Waals surface area contributed by atoms with Crippen molar-refractivity contribution in [3.8, 4) is 0 Å². The van der Waals surface area contributed by atoms with Crippen molar-refractivity contribution >= 4 is 46.7 Å². The van der Waals surface area contributed by atoms with Crippen molar-refractivity contribution in [3.63, 3.8) is 0 Å². The molecule has 1 unspecified atom stereocenters. The van der Waals surface area contributed by atoms with Crippen LogP contribution in [0.2, 0.25) is 10.2 Å². The van der Waals surface area contributed by atoms with Crippen LogP contribution in [-0.4, -0.2) is 82.4 Å². The predicted octanol–water partition coefficient (Wildman–Crippen LogP) is 2.85. The number of amides is 2. The topological polar surface area (TPSA) is 134 Å². The van der Waals surface area contributed by atoms with Crippen LogP contribution >= 0.6 is 23.2 Å². The highest BCUT2D eigenvalue weighted by molar-refractivity contribution is 6.32. The maximum Gasteiger partial charge on any atom is 0.274 e. The van der Waals surface area contributed by atoms with E-state index in [0.29, 0.717) is 22.9 Å². The molecule has 2 aliphatic heterocycles. The Morgan fingerprint density at radius 1 is 1.05 bits per heavy atom.